The van der Waals surface area contributed by atoms with Crippen molar-refractivity contribution in [2.45, 2.75) is 18.3 Å². The predicted octanol–water partition coefficient (Wildman–Crippen LogP) is 2.40. The van der Waals surface area contributed by atoms with Crippen LogP contribution in [0, 0.1) is 0 Å². The molecule has 27 heavy (non-hydrogen) atoms. The highest BCUT2D eigenvalue weighted by molar-refractivity contribution is 5.94. The van der Waals surface area contributed by atoms with Crippen LogP contribution < -0.4 is 17.0 Å². The van der Waals surface area contributed by atoms with Gasteiger partial charge in [0.15, 0.2) is 0 Å². The van der Waals surface area contributed by atoms with E-state index in [0.717, 1.165) is 23.2 Å². The minimum atomic E-state index is -0.440. The number of primary amides is 1. The van der Waals surface area contributed by atoms with Gasteiger partial charge in [0.25, 0.3) is 5.56 Å². The fraction of sp³-hybridized carbons (Fsp3) is 0.190. The Hall–Kier alpha value is -3.41. The second kappa shape index (κ2) is 6.39. The van der Waals surface area contributed by atoms with Crippen LogP contribution in [0.1, 0.15) is 39.9 Å². The van der Waals surface area contributed by atoms with Crippen molar-refractivity contribution in [2.75, 3.05) is 5.73 Å². The van der Waals surface area contributed by atoms with E-state index >= 15 is 0 Å². The number of benzene rings is 2. The molecular formula is C21H20N4O2. The van der Waals surface area contributed by atoms with Crippen molar-refractivity contribution in [1.29, 1.82) is 0 Å². The highest BCUT2D eigenvalue weighted by Gasteiger charge is 2.41. The molecule has 136 valence electrons. The standard InChI is InChI=1S/C21H20N4O2/c1-25-19(26)11-18(24-21(25)23)17-10-16(17)14-6-2-4-12(8-14)13-5-3-7-15(9-13)20(22)27/h2-9,11,16-17H,10H2,1H3,(H2,22,27)(H2,23,24). The van der Waals surface area contributed by atoms with Crippen LogP contribution in [0.2, 0.25) is 0 Å². The number of hydrogen-bond donors (Lipinski definition) is 2. The van der Waals surface area contributed by atoms with Crippen molar-refractivity contribution >= 4 is 11.9 Å². The summed E-state index contributed by atoms with van der Waals surface area (Å²) in [6.45, 7) is 0. The van der Waals surface area contributed by atoms with Crippen LogP contribution in [-0.4, -0.2) is 15.5 Å². The van der Waals surface area contributed by atoms with E-state index in [-0.39, 0.29) is 17.4 Å². The van der Waals surface area contributed by atoms with Crippen molar-refractivity contribution in [1.82, 2.24) is 9.55 Å². The van der Waals surface area contributed by atoms with Gasteiger partial charge < -0.3 is 11.5 Å². The Kier molecular flexibility index (Phi) is 4.03. The summed E-state index contributed by atoms with van der Waals surface area (Å²) in [6.07, 6.45) is 0.935. The summed E-state index contributed by atoms with van der Waals surface area (Å²) >= 11 is 0. The van der Waals surface area contributed by atoms with Crippen LogP contribution in [0.5, 0.6) is 0 Å². The second-order valence-electron chi connectivity index (χ2n) is 6.96. The molecule has 1 heterocycles. The number of amides is 1. The summed E-state index contributed by atoms with van der Waals surface area (Å²) in [5, 5.41) is 0. The average molecular weight is 360 g/mol. The molecule has 1 aliphatic carbocycles. The van der Waals surface area contributed by atoms with Gasteiger partial charge in [0.2, 0.25) is 11.9 Å². The lowest BCUT2D eigenvalue weighted by Gasteiger charge is -2.08. The highest BCUT2D eigenvalue weighted by atomic mass is 16.1. The molecule has 0 bridgehead atoms. The minimum Gasteiger partial charge on any atom is -0.369 e. The Balaban J connectivity index is 1.62. The molecule has 1 aliphatic rings. The number of aromatic nitrogens is 2. The third-order valence-electron chi connectivity index (χ3n) is 5.15. The minimum absolute atomic E-state index is 0.139. The Morgan fingerprint density at radius 2 is 1.78 bits per heavy atom. The van der Waals surface area contributed by atoms with E-state index in [1.807, 2.05) is 24.3 Å². The number of carbonyl (C=O) groups is 1. The molecule has 1 amide bonds. The van der Waals surface area contributed by atoms with Crippen LogP contribution in [0.15, 0.2) is 59.4 Å². The number of nitrogens with zero attached hydrogens (tertiary/aromatic N) is 2. The van der Waals surface area contributed by atoms with Crippen molar-refractivity contribution in [2.24, 2.45) is 12.8 Å². The zero-order valence-corrected chi connectivity index (χ0v) is 14.9. The Morgan fingerprint density at radius 3 is 2.48 bits per heavy atom. The molecule has 1 fully saturated rings. The molecule has 2 unspecified atom stereocenters. The maximum Gasteiger partial charge on any atom is 0.254 e. The van der Waals surface area contributed by atoms with E-state index in [4.69, 9.17) is 11.5 Å². The zero-order valence-electron chi connectivity index (χ0n) is 14.9. The maximum atomic E-state index is 12.0. The zero-order chi connectivity index (χ0) is 19.1. The monoisotopic (exact) mass is 360 g/mol. The third kappa shape index (κ3) is 3.21. The molecule has 2 aromatic carbocycles. The maximum absolute atomic E-state index is 12.0. The van der Waals surface area contributed by atoms with Crippen molar-refractivity contribution in [3.63, 3.8) is 0 Å². The summed E-state index contributed by atoms with van der Waals surface area (Å²) in [7, 11) is 1.61. The number of nitrogens with two attached hydrogens (primary N) is 2. The smallest absolute Gasteiger partial charge is 0.254 e. The molecule has 4 N–H and O–H groups in total. The highest BCUT2D eigenvalue weighted by Crippen LogP contribution is 2.54. The third-order valence-corrected chi connectivity index (χ3v) is 5.15. The van der Waals surface area contributed by atoms with E-state index in [1.54, 1.807) is 25.2 Å². The first-order valence-electron chi connectivity index (χ1n) is 8.77. The van der Waals surface area contributed by atoms with Crippen LogP contribution >= 0.6 is 0 Å². The van der Waals surface area contributed by atoms with Gasteiger partial charge in [-0.2, -0.15) is 0 Å². The van der Waals surface area contributed by atoms with Crippen molar-refractivity contribution in [3.8, 4) is 11.1 Å². The Morgan fingerprint density at radius 1 is 1.07 bits per heavy atom. The number of nitrogen functional groups attached to an aromatic ring is 1. The van der Waals surface area contributed by atoms with E-state index < -0.39 is 5.91 Å². The summed E-state index contributed by atoms with van der Waals surface area (Å²) in [6, 6.07) is 17.1. The summed E-state index contributed by atoms with van der Waals surface area (Å²) in [5.74, 6) is 0.307. The largest absolute Gasteiger partial charge is 0.369 e. The molecule has 0 aliphatic heterocycles. The topological polar surface area (TPSA) is 104 Å². The van der Waals surface area contributed by atoms with Gasteiger partial charge in [-0.1, -0.05) is 36.4 Å². The summed E-state index contributed by atoms with van der Waals surface area (Å²) in [4.78, 5) is 27.8. The van der Waals surface area contributed by atoms with Gasteiger partial charge in [0, 0.05) is 24.6 Å². The molecule has 1 aromatic heterocycles. The van der Waals surface area contributed by atoms with Gasteiger partial charge in [0.1, 0.15) is 0 Å². The van der Waals surface area contributed by atoms with Crippen LogP contribution in [0.25, 0.3) is 11.1 Å². The van der Waals surface area contributed by atoms with E-state index in [1.165, 1.54) is 10.1 Å². The molecule has 0 spiro atoms. The number of rotatable bonds is 4. The van der Waals surface area contributed by atoms with Crippen LogP contribution in [-0.2, 0) is 7.05 Å². The Bertz CT molecular complexity index is 1100. The number of hydrogen-bond acceptors (Lipinski definition) is 4. The summed E-state index contributed by atoms with van der Waals surface area (Å²) < 4.78 is 1.34. The second-order valence-corrected chi connectivity index (χ2v) is 6.96. The van der Waals surface area contributed by atoms with Gasteiger partial charge in [-0.05, 0) is 41.2 Å². The molecule has 4 rings (SSSR count). The summed E-state index contributed by atoms with van der Waals surface area (Å²) in [5.41, 5.74) is 15.5. The quantitative estimate of drug-likeness (QED) is 0.745. The lowest BCUT2D eigenvalue weighted by molar-refractivity contribution is 0.100. The first-order chi connectivity index (χ1) is 12.9. The lowest BCUT2D eigenvalue weighted by atomic mass is 9.98. The number of anilines is 1. The molecule has 2 atom stereocenters. The molecule has 6 nitrogen and oxygen atoms in total. The molecule has 0 radical (unpaired) electrons. The first kappa shape index (κ1) is 17.0. The van der Waals surface area contributed by atoms with Gasteiger partial charge in [-0.3, -0.25) is 14.2 Å². The van der Waals surface area contributed by atoms with Crippen LogP contribution in [0.4, 0.5) is 5.95 Å². The van der Waals surface area contributed by atoms with E-state index in [9.17, 15) is 9.59 Å². The fourth-order valence-corrected chi connectivity index (χ4v) is 3.46. The van der Waals surface area contributed by atoms with E-state index in [2.05, 4.69) is 17.1 Å². The predicted molar refractivity (Wildman–Crippen MR) is 104 cm³/mol. The normalized spacial score (nSPS) is 18.3. The molecule has 0 saturated heterocycles. The van der Waals surface area contributed by atoms with Crippen molar-refractivity contribution < 1.29 is 4.79 Å². The Labute approximate surface area is 156 Å². The molecule has 1 saturated carbocycles. The number of carbonyl (C=O) groups excluding carboxylic acids is 1. The van der Waals surface area contributed by atoms with Gasteiger partial charge in [-0.15, -0.1) is 0 Å². The van der Waals surface area contributed by atoms with Gasteiger partial charge in [0.05, 0.1) is 5.69 Å². The average Bonchev–Trinajstić information content (AvgIpc) is 3.47. The van der Waals surface area contributed by atoms with Gasteiger partial charge in [-0.25, -0.2) is 4.98 Å². The molecule has 3 aromatic rings. The van der Waals surface area contributed by atoms with E-state index in [0.29, 0.717) is 11.5 Å². The fourth-order valence-electron chi connectivity index (χ4n) is 3.46. The van der Waals surface area contributed by atoms with Crippen molar-refractivity contribution in [3.05, 3.63) is 81.8 Å². The first-order valence-corrected chi connectivity index (χ1v) is 8.77. The molecule has 6 heteroatoms. The SMILES string of the molecule is Cn1c(N)nc(C2CC2c2cccc(-c3cccc(C(N)=O)c3)c2)cc1=O. The van der Waals surface area contributed by atoms with Gasteiger partial charge >= 0.3 is 0 Å². The van der Waals surface area contributed by atoms with Crippen LogP contribution in [0.3, 0.4) is 0 Å². The lowest BCUT2D eigenvalue weighted by Crippen LogP contribution is -2.21. The molecular weight excluding hydrogens is 340 g/mol.